The Hall–Kier alpha value is -2.04. The molecule has 0 fully saturated rings. The van der Waals surface area contributed by atoms with Crippen LogP contribution in [0.2, 0.25) is 0 Å². The van der Waals surface area contributed by atoms with E-state index in [0.29, 0.717) is 18.1 Å². The van der Waals surface area contributed by atoms with Crippen molar-refractivity contribution in [3.8, 4) is 0 Å². The molecule has 5 heteroatoms. The molecule has 0 spiro atoms. The summed E-state index contributed by atoms with van der Waals surface area (Å²) in [5.74, 6) is 0.970. The van der Waals surface area contributed by atoms with Gasteiger partial charge in [0.15, 0.2) is 5.82 Å². The number of hydrogen-bond donors (Lipinski definition) is 0. The van der Waals surface area contributed by atoms with Crippen LogP contribution in [0.25, 0.3) is 0 Å². The lowest BCUT2D eigenvalue weighted by Gasteiger charge is -1.93. The SMILES string of the molecule is CC(=O)Cc1nc(Cc2ccncc2)no1. The third-order valence-electron chi connectivity index (χ3n) is 2.02. The van der Waals surface area contributed by atoms with Crippen LogP contribution >= 0.6 is 0 Å². The van der Waals surface area contributed by atoms with Crippen molar-refractivity contribution >= 4 is 5.78 Å². The lowest BCUT2D eigenvalue weighted by Crippen LogP contribution is -1.97. The third-order valence-corrected chi connectivity index (χ3v) is 2.02. The van der Waals surface area contributed by atoms with Gasteiger partial charge in [-0.15, -0.1) is 0 Å². The standard InChI is InChI=1S/C11H11N3O2/c1-8(15)6-11-13-10(14-16-11)7-9-2-4-12-5-3-9/h2-5H,6-7H2,1H3. The van der Waals surface area contributed by atoms with Gasteiger partial charge in [-0.1, -0.05) is 5.16 Å². The molecular weight excluding hydrogens is 206 g/mol. The molecule has 16 heavy (non-hydrogen) atoms. The van der Waals surface area contributed by atoms with Crippen molar-refractivity contribution < 1.29 is 9.32 Å². The molecule has 0 aromatic carbocycles. The molecule has 0 saturated heterocycles. The molecule has 82 valence electrons. The number of Topliss-reactive ketones (excluding diaryl/α,β-unsaturated/α-hetero) is 1. The van der Waals surface area contributed by atoms with Gasteiger partial charge < -0.3 is 4.52 Å². The van der Waals surface area contributed by atoms with E-state index in [0.717, 1.165) is 5.56 Å². The van der Waals surface area contributed by atoms with Crippen LogP contribution in [-0.2, 0) is 17.6 Å². The van der Waals surface area contributed by atoms with Crippen LogP contribution < -0.4 is 0 Å². The van der Waals surface area contributed by atoms with Crippen molar-refractivity contribution in [2.75, 3.05) is 0 Å². The van der Waals surface area contributed by atoms with E-state index < -0.39 is 0 Å². The lowest BCUT2D eigenvalue weighted by molar-refractivity contribution is -0.116. The Balaban J connectivity index is 2.06. The largest absolute Gasteiger partial charge is 0.339 e. The van der Waals surface area contributed by atoms with Gasteiger partial charge in [0.1, 0.15) is 5.78 Å². The zero-order chi connectivity index (χ0) is 11.4. The first-order valence-corrected chi connectivity index (χ1v) is 4.94. The zero-order valence-corrected chi connectivity index (χ0v) is 8.88. The summed E-state index contributed by atoms with van der Waals surface area (Å²) in [5.41, 5.74) is 1.06. The molecular formula is C11H11N3O2. The van der Waals surface area contributed by atoms with Gasteiger partial charge in [0, 0.05) is 18.8 Å². The summed E-state index contributed by atoms with van der Waals surface area (Å²) in [6.45, 7) is 1.49. The molecule has 0 aliphatic rings. The summed E-state index contributed by atoms with van der Waals surface area (Å²) in [7, 11) is 0. The first kappa shape index (κ1) is 10.5. The third kappa shape index (κ3) is 2.73. The second-order valence-electron chi connectivity index (χ2n) is 3.52. The molecule has 0 saturated carbocycles. The number of carbonyl (C=O) groups is 1. The zero-order valence-electron chi connectivity index (χ0n) is 8.88. The highest BCUT2D eigenvalue weighted by Gasteiger charge is 2.08. The average molecular weight is 217 g/mol. The van der Waals surface area contributed by atoms with Crippen LogP contribution in [0.1, 0.15) is 24.2 Å². The van der Waals surface area contributed by atoms with E-state index in [1.54, 1.807) is 12.4 Å². The molecule has 2 rings (SSSR count). The summed E-state index contributed by atoms with van der Waals surface area (Å²) >= 11 is 0. The van der Waals surface area contributed by atoms with Gasteiger partial charge in [-0.3, -0.25) is 9.78 Å². The molecule has 0 amide bonds. The summed E-state index contributed by atoms with van der Waals surface area (Å²) in [4.78, 5) is 18.9. The first-order chi connectivity index (χ1) is 7.74. The van der Waals surface area contributed by atoms with Crippen molar-refractivity contribution in [3.63, 3.8) is 0 Å². The minimum Gasteiger partial charge on any atom is -0.339 e. The Morgan fingerprint density at radius 2 is 2.12 bits per heavy atom. The topological polar surface area (TPSA) is 68.9 Å². The molecule has 0 N–H and O–H groups in total. The maximum Gasteiger partial charge on any atom is 0.234 e. The molecule has 0 aliphatic carbocycles. The van der Waals surface area contributed by atoms with Crippen LogP contribution in [-0.4, -0.2) is 20.9 Å². The van der Waals surface area contributed by atoms with E-state index >= 15 is 0 Å². The van der Waals surface area contributed by atoms with E-state index in [9.17, 15) is 4.79 Å². The Bertz CT molecular complexity index is 479. The summed E-state index contributed by atoms with van der Waals surface area (Å²) in [6.07, 6.45) is 4.21. The number of hydrogen-bond acceptors (Lipinski definition) is 5. The van der Waals surface area contributed by atoms with Gasteiger partial charge in [-0.2, -0.15) is 4.98 Å². The molecule has 0 bridgehead atoms. The Morgan fingerprint density at radius 3 is 2.81 bits per heavy atom. The van der Waals surface area contributed by atoms with Gasteiger partial charge in [0.25, 0.3) is 0 Å². The monoisotopic (exact) mass is 217 g/mol. The summed E-state index contributed by atoms with van der Waals surface area (Å²) in [5, 5.41) is 3.81. The van der Waals surface area contributed by atoms with Gasteiger partial charge >= 0.3 is 0 Å². The number of aromatic nitrogens is 3. The number of pyridine rings is 1. The molecule has 2 aromatic heterocycles. The molecule has 0 radical (unpaired) electrons. The molecule has 2 aromatic rings. The van der Waals surface area contributed by atoms with Crippen molar-refractivity contribution in [2.45, 2.75) is 19.8 Å². The van der Waals surface area contributed by atoms with Crippen LogP contribution in [0.3, 0.4) is 0 Å². The normalized spacial score (nSPS) is 10.3. The second-order valence-corrected chi connectivity index (χ2v) is 3.52. The highest BCUT2D eigenvalue weighted by Crippen LogP contribution is 2.06. The minimum absolute atomic E-state index is 0.0131. The van der Waals surface area contributed by atoms with Gasteiger partial charge in [-0.05, 0) is 24.6 Å². The van der Waals surface area contributed by atoms with E-state index in [2.05, 4.69) is 15.1 Å². The van der Waals surface area contributed by atoms with Crippen LogP contribution in [0.15, 0.2) is 29.0 Å². The predicted molar refractivity (Wildman–Crippen MR) is 55.7 cm³/mol. The second kappa shape index (κ2) is 4.65. The number of rotatable bonds is 4. The molecule has 5 nitrogen and oxygen atoms in total. The number of nitrogens with zero attached hydrogens (tertiary/aromatic N) is 3. The highest BCUT2D eigenvalue weighted by atomic mass is 16.5. The number of ketones is 1. The summed E-state index contributed by atoms with van der Waals surface area (Å²) in [6, 6.07) is 3.78. The van der Waals surface area contributed by atoms with Crippen LogP contribution in [0.4, 0.5) is 0 Å². The van der Waals surface area contributed by atoms with Crippen molar-refractivity contribution in [3.05, 3.63) is 41.8 Å². The maximum atomic E-state index is 10.8. The van der Waals surface area contributed by atoms with Crippen LogP contribution in [0, 0.1) is 0 Å². The summed E-state index contributed by atoms with van der Waals surface area (Å²) < 4.78 is 4.95. The lowest BCUT2D eigenvalue weighted by atomic mass is 10.2. The van der Waals surface area contributed by atoms with E-state index in [4.69, 9.17) is 4.52 Å². The van der Waals surface area contributed by atoms with Crippen molar-refractivity contribution in [1.82, 2.24) is 15.1 Å². The molecule has 2 heterocycles. The van der Waals surface area contributed by atoms with Gasteiger partial charge in [-0.25, -0.2) is 0 Å². The fraction of sp³-hybridized carbons (Fsp3) is 0.273. The van der Waals surface area contributed by atoms with E-state index in [1.165, 1.54) is 6.92 Å². The smallest absolute Gasteiger partial charge is 0.234 e. The first-order valence-electron chi connectivity index (χ1n) is 4.94. The van der Waals surface area contributed by atoms with E-state index in [1.807, 2.05) is 12.1 Å². The molecule has 0 unspecified atom stereocenters. The van der Waals surface area contributed by atoms with E-state index in [-0.39, 0.29) is 12.2 Å². The molecule has 0 atom stereocenters. The Labute approximate surface area is 92.5 Å². The minimum atomic E-state index is 0.0131. The average Bonchev–Trinajstić information content (AvgIpc) is 2.66. The van der Waals surface area contributed by atoms with Crippen molar-refractivity contribution in [2.24, 2.45) is 0 Å². The Morgan fingerprint density at radius 1 is 1.38 bits per heavy atom. The molecule has 0 aliphatic heterocycles. The van der Waals surface area contributed by atoms with Crippen LogP contribution in [0.5, 0.6) is 0 Å². The quantitative estimate of drug-likeness (QED) is 0.769. The van der Waals surface area contributed by atoms with Gasteiger partial charge in [0.2, 0.25) is 5.89 Å². The van der Waals surface area contributed by atoms with Gasteiger partial charge in [0.05, 0.1) is 6.42 Å². The van der Waals surface area contributed by atoms with Crippen molar-refractivity contribution in [1.29, 1.82) is 0 Å². The number of carbonyl (C=O) groups excluding carboxylic acids is 1. The predicted octanol–water partition coefficient (Wildman–Crippen LogP) is 1.19. The Kier molecular flexibility index (Phi) is 3.05. The fourth-order valence-electron chi connectivity index (χ4n) is 1.33. The fourth-order valence-corrected chi connectivity index (χ4v) is 1.33. The maximum absolute atomic E-state index is 10.8. The highest BCUT2D eigenvalue weighted by molar-refractivity contribution is 5.77.